The number of rotatable bonds is 7. The van der Waals surface area contributed by atoms with Gasteiger partial charge in [0.2, 0.25) is 5.91 Å². The summed E-state index contributed by atoms with van der Waals surface area (Å²) in [6.07, 6.45) is 0.269. The van der Waals surface area contributed by atoms with E-state index in [0.717, 1.165) is 22.5 Å². The number of aromatic nitrogens is 2. The molecule has 0 spiro atoms. The molecule has 0 saturated heterocycles. The molecule has 8 heteroatoms. The number of carbonyl (C=O) groups is 2. The molecule has 0 aliphatic carbocycles. The summed E-state index contributed by atoms with van der Waals surface area (Å²) in [4.78, 5) is 29.2. The number of hydrogen-bond donors (Lipinski definition) is 2. The molecule has 2 amide bonds. The van der Waals surface area contributed by atoms with Gasteiger partial charge in [0.15, 0.2) is 0 Å². The fourth-order valence-electron chi connectivity index (χ4n) is 3.51. The lowest BCUT2D eigenvalue weighted by Crippen LogP contribution is -2.14. The van der Waals surface area contributed by atoms with Gasteiger partial charge in [0.25, 0.3) is 5.91 Å². The number of benzene rings is 3. The van der Waals surface area contributed by atoms with Crippen molar-refractivity contribution in [2.75, 3.05) is 24.4 Å². The normalized spacial score (nSPS) is 10.9. The highest BCUT2D eigenvalue weighted by Crippen LogP contribution is 2.23. The molecule has 3 aromatic carbocycles. The summed E-state index contributed by atoms with van der Waals surface area (Å²) in [5, 5.41) is 5.63. The Morgan fingerprint density at radius 2 is 1.64 bits per heavy atom. The zero-order valence-corrected chi connectivity index (χ0v) is 18.3. The maximum atomic E-state index is 13.4. The monoisotopic (exact) mass is 446 g/mol. The van der Waals surface area contributed by atoms with E-state index in [0.29, 0.717) is 23.5 Å². The zero-order chi connectivity index (χ0) is 23.4. The van der Waals surface area contributed by atoms with Crippen molar-refractivity contribution in [3.8, 4) is 5.69 Å². The number of aryl methyl sites for hydroxylation is 1. The Kier molecular flexibility index (Phi) is 6.46. The van der Waals surface area contributed by atoms with E-state index in [9.17, 15) is 14.0 Å². The van der Waals surface area contributed by atoms with E-state index in [1.807, 2.05) is 11.5 Å². The van der Waals surface area contributed by atoms with Gasteiger partial charge in [0.05, 0.1) is 24.1 Å². The van der Waals surface area contributed by atoms with E-state index in [1.165, 1.54) is 12.1 Å². The van der Waals surface area contributed by atoms with Crippen LogP contribution in [0.25, 0.3) is 16.7 Å². The molecule has 0 bridgehead atoms. The van der Waals surface area contributed by atoms with E-state index in [1.54, 1.807) is 61.7 Å². The second-order valence-corrected chi connectivity index (χ2v) is 7.50. The number of ether oxygens (including phenoxy) is 1. The number of imidazole rings is 1. The highest BCUT2D eigenvalue weighted by molar-refractivity contribution is 6.06. The van der Waals surface area contributed by atoms with Gasteiger partial charge in [-0.15, -0.1) is 0 Å². The van der Waals surface area contributed by atoms with Crippen molar-refractivity contribution >= 4 is 34.2 Å². The van der Waals surface area contributed by atoms with Crippen molar-refractivity contribution in [1.82, 2.24) is 9.55 Å². The van der Waals surface area contributed by atoms with Gasteiger partial charge in [0, 0.05) is 29.7 Å². The van der Waals surface area contributed by atoms with Crippen molar-refractivity contribution in [2.24, 2.45) is 0 Å². The van der Waals surface area contributed by atoms with E-state index >= 15 is 0 Å². The van der Waals surface area contributed by atoms with Crippen LogP contribution in [0.3, 0.4) is 0 Å². The average Bonchev–Trinajstić information content (AvgIpc) is 3.14. The quantitative estimate of drug-likeness (QED) is 0.431. The van der Waals surface area contributed by atoms with Gasteiger partial charge in [-0.1, -0.05) is 0 Å². The molecule has 0 fully saturated rings. The fourth-order valence-corrected chi connectivity index (χ4v) is 3.51. The Hall–Kier alpha value is -4.04. The van der Waals surface area contributed by atoms with Gasteiger partial charge in [-0.05, 0) is 73.7 Å². The summed E-state index contributed by atoms with van der Waals surface area (Å²) in [6, 6.07) is 18.3. The minimum Gasteiger partial charge on any atom is -0.384 e. The zero-order valence-electron chi connectivity index (χ0n) is 18.3. The second kappa shape index (κ2) is 9.62. The van der Waals surface area contributed by atoms with E-state index in [4.69, 9.17) is 4.74 Å². The second-order valence-electron chi connectivity index (χ2n) is 7.50. The van der Waals surface area contributed by atoms with E-state index < -0.39 is 0 Å². The highest BCUT2D eigenvalue weighted by atomic mass is 19.1. The number of halogens is 1. The van der Waals surface area contributed by atoms with Crippen LogP contribution in [0.5, 0.6) is 0 Å². The molecule has 1 heterocycles. The Morgan fingerprint density at radius 1 is 0.970 bits per heavy atom. The lowest BCUT2D eigenvalue weighted by atomic mass is 10.1. The predicted molar refractivity (Wildman–Crippen MR) is 125 cm³/mol. The Labute approximate surface area is 190 Å². The standard InChI is InChI=1S/C25H23FN4O3/c1-16-27-22-12-3-17(15-23(22)30(16)21-10-4-18(26)5-11-21)25(32)29-20-8-6-19(7-9-20)28-24(31)13-14-33-2/h3-12,15H,13-14H2,1-2H3,(H,28,31)(H,29,32). The lowest BCUT2D eigenvalue weighted by molar-refractivity contribution is -0.117. The predicted octanol–water partition coefficient (Wildman–Crippen LogP) is 4.70. The van der Waals surface area contributed by atoms with Crippen LogP contribution < -0.4 is 10.6 Å². The van der Waals surface area contributed by atoms with Crippen molar-refractivity contribution in [2.45, 2.75) is 13.3 Å². The number of nitrogens with zero attached hydrogens (tertiary/aromatic N) is 2. The highest BCUT2D eigenvalue weighted by Gasteiger charge is 2.13. The van der Waals surface area contributed by atoms with Crippen LogP contribution in [0.1, 0.15) is 22.6 Å². The van der Waals surface area contributed by atoms with Crippen molar-refractivity contribution in [3.63, 3.8) is 0 Å². The fraction of sp³-hybridized carbons (Fsp3) is 0.160. The summed E-state index contributed by atoms with van der Waals surface area (Å²) in [7, 11) is 1.54. The Bertz CT molecular complexity index is 1300. The summed E-state index contributed by atoms with van der Waals surface area (Å²) >= 11 is 0. The van der Waals surface area contributed by atoms with Crippen LogP contribution in [-0.2, 0) is 9.53 Å². The third-order valence-electron chi connectivity index (χ3n) is 5.13. The van der Waals surface area contributed by atoms with E-state index in [2.05, 4.69) is 15.6 Å². The molecule has 2 N–H and O–H groups in total. The Morgan fingerprint density at radius 3 is 2.30 bits per heavy atom. The number of amides is 2. The maximum absolute atomic E-state index is 13.4. The number of methoxy groups -OCH3 is 1. The molecular weight excluding hydrogens is 423 g/mol. The molecule has 1 aromatic heterocycles. The SMILES string of the molecule is COCCC(=O)Nc1ccc(NC(=O)c2ccc3nc(C)n(-c4ccc(F)cc4)c3c2)cc1. The molecule has 7 nitrogen and oxygen atoms in total. The molecule has 0 saturated carbocycles. The van der Waals surface area contributed by atoms with Gasteiger partial charge in [-0.2, -0.15) is 0 Å². The van der Waals surface area contributed by atoms with Crippen LogP contribution in [-0.4, -0.2) is 35.1 Å². The first kappa shape index (κ1) is 22.2. The molecule has 0 aliphatic heterocycles. The van der Waals surface area contributed by atoms with Gasteiger partial charge in [-0.25, -0.2) is 9.37 Å². The molecule has 4 rings (SSSR count). The summed E-state index contributed by atoms with van der Waals surface area (Å²) < 4.78 is 20.1. The van der Waals surface area contributed by atoms with Crippen LogP contribution in [0.15, 0.2) is 66.7 Å². The van der Waals surface area contributed by atoms with Crippen molar-refractivity contribution < 1.29 is 18.7 Å². The first-order valence-electron chi connectivity index (χ1n) is 10.4. The average molecular weight is 446 g/mol. The van der Waals surface area contributed by atoms with Crippen LogP contribution in [0.2, 0.25) is 0 Å². The summed E-state index contributed by atoms with van der Waals surface area (Å²) in [6.45, 7) is 2.21. The summed E-state index contributed by atoms with van der Waals surface area (Å²) in [5.41, 5.74) is 3.94. The number of carbonyl (C=O) groups excluding carboxylic acids is 2. The third-order valence-corrected chi connectivity index (χ3v) is 5.13. The molecule has 0 radical (unpaired) electrons. The largest absolute Gasteiger partial charge is 0.384 e. The minimum atomic E-state index is -0.318. The molecule has 0 atom stereocenters. The number of hydrogen-bond acceptors (Lipinski definition) is 4. The molecule has 168 valence electrons. The number of fused-ring (bicyclic) bond motifs is 1. The smallest absolute Gasteiger partial charge is 0.255 e. The van der Waals surface area contributed by atoms with Crippen molar-refractivity contribution in [1.29, 1.82) is 0 Å². The van der Waals surface area contributed by atoms with Crippen LogP contribution in [0.4, 0.5) is 15.8 Å². The maximum Gasteiger partial charge on any atom is 0.255 e. The Balaban J connectivity index is 1.52. The number of nitrogens with one attached hydrogen (secondary N) is 2. The molecule has 0 unspecified atom stereocenters. The van der Waals surface area contributed by atoms with Gasteiger partial charge in [-0.3, -0.25) is 14.2 Å². The molecule has 33 heavy (non-hydrogen) atoms. The van der Waals surface area contributed by atoms with Crippen LogP contribution in [0, 0.1) is 12.7 Å². The van der Waals surface area contributed by atoms with Crippen LogP contribution >= 0.6 is 0 Å². The topological polar surface area (TPSA) is 85.2 Å². The van der Waals surface area contributed by atoms with Gasteiger partial charge >= 0.3 is 0 Å². The first-order valence-corrected chi connectivity index (χ1v) is 10.4. The lowest BCUT2D eigenvalue weighted by Gasteiger charge is -2.09. The summed E-state index contributed by atoms with van der Waals surface area (Å²) in [5.74, 6) is -0.00737. The molecule has 0 aliphatic rings. The number of anilines is 2. The van der Waals surface area contributed by atoms with E-state index in [-0.39, 0.29) is 24.1 Å². The van der Waals surface area contributed by atoms with Gasteiger partial charge in [0.1, 0.15) is 11.6 Å². The molecular formula is C25H23FN4O3. The van der Waals surface area contributed by atoms with Crippen molar-refractivity contribution in [3.05, 3.63) is 83.9 Å². The minimum absolute atomic E-state index is 0.144. The first-order chi connectivity index (χ1) is 15.9. The van der Waals surface area contributed by atoms with Gasteiger partial charge < -0.3 is 15.4 Å². The third kappa shape index (κ3) is 5.07. The molecule has 4 aromatic rings.